The maximum atomic E-state index is 12.6. The quantitative estimate of drug-likeness (QED) is 0.367. The molecule has 0 bridgehead atoms. The Labute approximate surface area is 181 Å². The van der Waals surface area contributed by atoms with Crippen molar-refractivity contribution < 1.29 is 14.7 Å². The molecule has 3 aromatic carbocycles. The second-order valence-electron chi connectivity index (χ2n) is 6.80. The third-order valence-corrected chi connectivity index (χ3v) is 5.08. The van der Waals surface area contributed by atoms with Crippen molar-refractivity contribution in [3.63, 3.8) is 0 Å². The summed E-state index contributed by atoms with van der Waals surface area (Å²) in [6.45, 7) is 2.35. The molecule has 6 heteroatoms. The van der Waals surface area contributed by atoms with Crippen molar-refractivity contribution in [3.8, 4) is 16.9 Å². The Balaban J connectivity index is 1.56. The van der Waals surface area contributed by atoms with E-state index in [9.17, 15) is 4.79 Å². The number of benzene rings is 3. The summed E-state index contributed by atoms with van der Waals surface area (Å²) in [6.07, 6.45) is 0.741. The first kappa shape index (κ1) is 21.5. The summed E-state index contributed by atoms with van der Waals surface area (Å²) in [5.41, 5.74) is 5.45. The normalized spacial score (nSPS) is 11.4. The molecule has 0 aliphatic carbocycles. The molecule has 0 unspecified atom stereocenters. The Morgan fingerprint density at radius 2 is 1.53 bits per heavy atom. The van der Waals surface area contributed by atoms with Gasteiger partial charge < -0.3 is 10.1 Å². The number of hydrogen-bond donors (Lipinski definition) is 3. The smallest absolute Gasteiger partial charge is 0.251 e. The van der Waals surface area contributed by atoms with Gasteiger partial charge in [0.1, 0.15) is 17.3 Å². The van der Waals surface area contributed by atoms with Crippen molar-refractivity contribution in [2.75, 3.05) is 6.61 Å². The van der Waals surface area contributed by atoms with Crippen LogP contribution in [-0.2, 0) is 0 Å². The van der Waals surface area contributed by atoms with Gasteiger partial charge in [-0.05, 0) is 53.9 Å². The lowest BCUT2D eigenvalue weighted by atomic mass is 10.0. The van der Waals surface area contributed by atoms with Crippen LogP contribution in [0.1, 0.15) is 29.3 Å². The van der Waals surface area contributed by atoms with E-state index in [-0.39, 0.29) is 16.9 Å². The minimum absolute atomic E-state index is 0.119. The first-order valence-corrected chi connectivity index (χ1v) is 10.1. The van der Waals surface area contributed by atoms with E-state index in [0.717, 1.165) is 17.5 Å². The van der Waals surface area contributed by atoms with Crippen LogP contribution in [0.15, 0.2) is 78.9 Å². The third kappa shape index (κ3) is 5.65. The number of carbonyl (C=O) groups is 1. The number of nitrogens with one attached hydrogen (secondary N) is 2. The summed E-state index contributed by atoms with van der Waals surface area (Å²) in [5.74, 6) is 0.541. The zero-order valence-electron chi connectivity index (χ0n) is 16.7. The van der Waals surface area contributed by atoms with Crippen LogP contribution in [-0.4, -0.2) is 28.8 Å². The van der Waals surface area contributed by atoms with E-state index in [4.69, 9.17) is 22.2 Å². The Morgan fingerprint density at radius 1 is 0.933 bits per heavy atom. The second-order valence-corrected chi connectivity index (χ2v) is 7.21. The van der Waals surface area contributed by atoms with Crippen LogP contribution in [0.25, 0.3) is 11.1 Å². The Hall–Kier alpha value is -3.22. The number of thiocarbonyl (C=S) groups is 1. The lowest BCUT2D eigenvalue weighted by molar-refractivity contribution is 0.0920. The molecule has 0 spiro atoms. The maximum absolute atomic E-state index is 12.6. The molecule has 1 amide bonds. The molecule has 3 aromatic rings. The topological polar surface area (TPSA) is 70.6 Å². The van der Waals surface area contributed by atoms with Gasteiger partial charge in [0.25, 0.3) is 5.91 Å². The van der Waals surface area contributed by atoms with Crippen molar-refractivity contribution in [1.29, 1.82) is 0 Å². The molecular formula is C24H24N2O3S. The molecule has 5 nitrogen and oxygen atoms in total. The highest BCUT2D eigenvalue weighted by Gasteiger charge is 2.13. The monoisotopic (exact) mass is 420 g/mol. The fourth-order valence-corrected chi connectivity index (χ4v) is 3.07. The summed E-state index contributed by atoms with van der Waals surface area (Å²) in [7, 11) is 0. The van der Waals surface area contributed by atoms with Gasteiger partial charge >= 0.3 is 0 Å². The number of amides is 1. The van der Waals surface area contributed by atoms with Crippen molar-refractivity contribution in [3.05, 3.63) is 90.0 Å². The highest BCUT2D eigenvalue weighted by Crippen LogP contribution is 2.19. The van der Waals surface area contributed by atoms with Gasteiger partial charge in [-0.15, -0.1) is 0 Å². The molecular weight excluding hydrogens is 396 g/mol. The Morgan fingerprint density at radius 3 is 2.13 bits per heavy atom. The van der Waals surface area contributed by atoms with Gasteiger partial charge in [-0.2, -0.15) is 0 Å². The molecule has 0 aliphatic heterocycles. The lowest BCUT2D eigenvalue weighted by Gasteiger charge is -2.18. The Bertz CT molecular complexity index is 974. The van der Waals surface area contributed by atoms with E-state index in [1.807, 2.05) is 67.0 Å². The average Bonchev–Trinajstić information content (AvgIpc) is 2.82. The Kier molecular flexibility index (Phi) is 7.54. The fourth-order valence-electron chi connectivity index (χ4n) is 2.94. The molecule has 154 valence electrons. The molecule has 30 heavy (non-hydrogen) atoms. The van der Waals surface area contributed by atoms with Gasteiger partial charge in [0, 0.05) is 11.1 Å². The summed E-state index contributed by atoms with van der Waals surface area (Å²) in [5, 5.41) is 11.9. The molecule has 1 atom stereocenters. The van der Waals surface area contributed by atoms with E-state index in [2.05, 4.69) is 5.32 Å². The fraction of sp³-hybridized carbons (Fsp3) is 0.167. The SMILES string of the molecule is CC[C@@H](COc1ccc(C(=S)NO)cc1)NC(=O)c1ccc(-c2ccccc2)cc1. The molecule has 0 radical (unpaired) electrons. The van der Waals surface area contributed by atoms with Crippen LogP contribution in [0.3, 0.4) is 0 Å². The summed E-state index contributed by atoms with van der Waals surface area (Å²) < 4.78 is 5.80. The van der Waals surface area contributed by atoms with Crippen LogP contribution in [0.4, 0.5) is 0 Å². The largest absolute Gasteiger partial charge is 0.491 e. The molecule has 3 N–H and O–H groups in total. The molecule has 0 saturated carbocycles. The summed E-state index contributed by atoms with van der Waals surface area (Å²) in [4.78, 5) is 12.9. The summed E-state index contributed by atoms with van der Waals surface area (Å²) in [6, 6.07) is 24.6. The van der Waals surface area contributed by atoms with E-state index in [1.54, 1.807) is 24.3 Å². The van der Waals surface area contributed by atoms with Gasteiger partial charge in [0.05, 0.1) is 6.04 Å². The number of carbonyl (C=O) groups excluding carboxylic acids is 1. The van der Waals surface area contributed by atoms with Crippen LogP contribution >= 0.6 is 12.2 Å². The van der Waals surface area contributed by atoms with Crippen LogP contribution < -0.4 is 15.5 Å². The zero-order chi connectivity index (χ0) is 21.3. The van der Waals surface area contributed by atoms with Crippen molar-refractivity contribution in [1.82, 2.24) is 10.8 Å². The summed E-state index contributed by atoms with van der Waals surface area (Å²) >= 11 is 4.97. The molecule has 0 aromatic heterocycles. The standard InChI is InChI=1S/C24H24N2O3S/c1-2-21(16-29-22-14-12-20(13-15-22)24(30)26-28)25-23(27)19-10-8-18(9-11-19)17-6-4-3-5-7-17/h3-15,21,28H,2,16H2,1H3,(H,25,27)(H,26,30)/t21-/m0/s1. The number of rotatable bonds is 8. The minimum atomic E-state index is -0.125. The first-order valence-electron chi connectivity index (χ1n) is 9.74. The number of ether oxygens (including phenoxy) is 1. The molecule has 3 rings (SSSR count). The van der Waals surface area contributed by atoms with E-state index < -0.39 is 0 Å². The molecule has 0 aliphatic rings. The van der Waals surface area contributed by atoms with Crippen molar-refractivity contribution >= 4 is 23.1 Å². The molecule has 0 heterocycles. The lowest BCUT2D eigenvalue weighted by Crippen LogP contribution is -2.38. The van der Waals surface area contributed by atoms with E-state index in [0.29, 0.717) is 23.5 Å². The van der Waals surface area contributed by atoms with Crippen molar-refractivity contribution in [2.24, 2.45) is 0 Å². The number of hydroxylamine groups is 1. The van der Waals surface area contributed by atoms with Gasteiger partial charge in [0.2, 0.25) is 0 Å². The van der Waals surface area contributed by atoms with Crippen LogP contribution in [0.2, 0.25) is 0 Å². The van der Waals surface area contributed by atoms with Crippen LogP contribution in [0, 0.1) is 0 Å². The predicted octanol–water partition coefficient (Wildman–Crippen LogP) is 4.60. The van der Waals surface area contributed by atoms with E-state index >= 15 is 0 Å². The third-order valence-electron chi connectivity index (χ3n) is 4.75. The maximum Gasteiger partial charge on any atom is 0.251 e. The van der Waals surface area contributed by atoms with Gasteiger partial charge in [-0.25, -0.2) is 0 Å². The molecule has 0 saturated heterocycles. The van der Waals surface area contributed by atoms with E-state index in [1.165, 1.54) is 0 Å². The van der Waals surface area contributed by atoms with Gasteiger partial charge in [-0.3, -0.25) is 15.5 Å². The van der Waals surface area contributed by atoms with Crippen molar-refractivity contribution in [2.45, 2.75) is 19.4 Å². The predicted molar refractivity (Wildman–Crippen MR) is 122 cm³/mol. The van der Waals surface area contributed by atoms with Crippen LogP contribution in [0.5, 0.6) is 5.75 Å². The zero-order valence-corrected chi connectivity index (χ0v) is 17.5. The highest BCUT2D eigenvalue weighted by atomic mass is 32.1. The van der Waals surface area contributed by atoms with Gasteiger partial charge in [0.15, 0.2) is 0 Å². The second kappa shape index (κ2) is 10.5. The minimum Gasteiger partial charge on any atom is -0.491 e. The molecule has 0 fully saturated rings. The average molecular weight is 421 g/mol. The highest BCUT2D eigenvalue weighted by molar-refractivity contribution is 7.80. The number of hydrogen-bond acceptors (Lipinski definition) is 4. The first-order chi connectivity index (χ1) is 14.6. The van der Waals surface area contributed by atoms with Gasteiger partial charge in [-0.1, -0.05) is 61.6 Å².